The quantitative estimate of drug-likeness (QED) is 0.840. The fourth-order valence-electron chi connectivity index (χ4n) is 3.49. The molecule has 2 aromatic rings. The van der Waals surface area contributed by atoms with Gasteiger partial charge in [-0.15, -0.1) is 0 Å². The molecule has 1 atom stereocenters. The fraction of sp³-hybridized carbons (Fsp3) is 0.400. The summed E-state index contributed by atoms with van der Waals surface area (Å²) in [5.74, 6) is -1.41. The van der Waals surface area contributed by atoms with Gasteiger partial charge in [-0.25, -0.2) is 4.39 Å². The summed E-state index contributed by atoms with van der Waals surface area (Å²) < 4.78 is 19.0. The Bertz CT molecular complexity index is 772. The number of halogens is 1. The molecule has 144 valence electrons. The molecule has 0 bridgehead atoms. The Balaban J connectivity index is 1.71. The number of hydrogen-bond acceptors (Lipinski definition) is 5. The first-order valence-corrected chi connectivity index (χ1v) is 9.01. The van der Waals surface area contributed by atoms with Crippen LogP contribution < -0.4 is 4.74 Å². The van der Waals surface area contributed by atoms with E-state index in [1.54, 1.807) is 12.3 Å². The number of methoxy groups -OCH3 is 1. The van der Waals surface area contributed by atoms with Crippen molar-refractivity contribution in [2.75, 3.05) is 33.3 Å². The molecule has 0 aliphatic carbocycles. The minimum atomic E-state index is -0.974. The number of carboxylic acids is 1. The van der Waals surface area contributed by atoms with Crippen molar-refractivity contribution in [1.82, 2.24) is 14.8 Å². The maximum Gasteiger partial charge on any atom is 0.325 e. The molecule has 2 heterocycles. The van der Waals surface area contributed by atoms with Crippen molar-refractivity contribution < 1.29 is 19.0 Å². The lowest BCUT2D eigenvalue weighted by Crippen LogP contribution is -2.37. The van der Waals surface area contributed by atoms with Gasteiger partial charge in [0.25, 0.3) is 0 Å². The van der Waals surface area contributed by atoms with E-state index in [9.17, 15) is 14.3 Å². The van der Waals surface area contributed by atoms with Crippen molar-refractivity contribution in [2.45, 2.75) is 19.0 Å². The van der Waals surface area contributed by atoms with Gasteiger partial charge in [-0.2, -0.15) is 0 Å². The van der Waals surface area contributed by atoms with Crippen LogP contribution in [-0.2, 0) is 11.3 Å². The highest BCUT2D eigenvalue weighted by atomic mass is 19.1. The number of aromatic nitrogens is 1. The lowest BCUT2D eigenvalue weighted by Gasteiger charge is -2.28. The molecule has 6 nitrogen and oxygen atoms in total. The van der Waals surface area contributed by atoms with Crippen molar-refractivity contribution in [3.8, 4) is 5.75 Å². The Labute approximate surface area is 158 Å². The molecule has 1 aliphatic rings. The smallest absolute Gasteiger partial charge is 0.325 e. The normalized spacial score (nSPS) is 17.3. The minimum absolute atomic E-state index is 0.111. The van der Waals surface area contributed by atoms with E-state index in [-0.39, 0.29) is 5.75 Å². The van der Waals surface area contributed by atoms with Crippen molar-refractivity contribution in [3.05, 3.63) is 59.7 Å². The van der Waals surface area contributed by atoms with Gasteiger partial charge in [-0.3, -0.25) is 19.6 Å². The number of rotatable bonds is 6. The molecule has 27 heavy (non-hydrogen) atoms. The summed E-state index contributed by atoms with van der Waals surface area (Å²) in [6.45, 7) is 3.58. The molecule has 3 rings (SSSR count). The van der Waals surface area contributed by atoms with E-state index in [2.05, 4.69) is 9.88 Å². The molecule has 0 saturated carbocycles. The summed E-state index contributed by atoms with van der Waals surface area (Å²) in [4.78, 5) is 20.5. The fourth-order valence-corrected chi connectivity index (χ4v) is 3.49. The number of benzene rings is 1. The van der Waals surface area contributed by atoms with Crippen molar-refractivity contribution in [3.63, 3.8) is 0 Å². The number of nitrogens with zero attached hydrogens (tertiary/aromatic N) is 3. The van der Waals surface area contributed by atoms with E-state index >= 15 is 0 Å². The summed E-state index contributed by atoms with van der Waals surface area (Å²) in [5.41, 5.74) is 1.43. The van der Waals surface area contributed by atoms with Crippen LogP contribution in [-0.4, -0.2) is 59.1 Å². The van der Waals surface area contributed by atoms with Crippen LogP contribution in [0.25, 0.3) is 0 Å². The monoisotopic (exact) mass is 373 g/mol. The van der Waals surface area contributed by atoms with E-state index < -0.39 is 17.8 Å². The largest absolute Gasteiger partial charge is 0.494 e. The zero-order chi connectivity index (χ0) is 19.2. The highest BCUT2D eigenvalue weighted by Gasteiger charge is 2.29. The van der Waals surface area contributed by atoms with Gasteiger partial charge >= 0.3 is 5.97 Å². The van der Waals surface area contributed by atoms with Crippen LogP contribution in [0.5, 0.6) is 5.75 Å². The molecular formula is C20H24FN3O3. The second-order valence-corrected chi connectivity index (χ2v) is 6.62. The molecule has 0 unspecified atom stereocenters. The lowest BCUT2D eigenvalue weighted by molar-refractivity contribution is -0.143. The number of pyridine rings is 1. The van der Waals surface area contributed by atoms with Gasteiger partial charge in [0.15, 0.2) is 11.6 Å². The van der Waals surface area contributed by atoms with Crippen LogP contribution in [0.2, 0.25) is 0 Å². The summed E-state index contributed by atoms with van der Waals surface area (Å²) in [6, 6.07) is 9.32. The predicted octanol–water partition coefficient (Wildman–Crippen LogP) is 2.56. The molecule has 0 spiro atoms. The van der Waals surface area contributed by atoms with Crippen molar-refractivity contribution in [2.24, 2.45) is 0 Å². The summed E-state index contributed by atoms with van der Waals surface area (Å²) in [7, 11) is 1.39. The van der Waals surface area contributed by atoms with Crippen LogP contribution >= 0.6 is 0 Å². The number of carboxylic acid groups (broad SMARTS) is 1. The third-order valence-corrected chi connectivity index (χ3v) is 4.83. The molecule has 7 heteroatoms. The molecule has 0 radical (unpaired) electrons. The zero-order valence-corrected chi connectivity index (χ0v) is 15.3. The maximum atomic E-state index is 14.1. The van der Waals surface area contributed by atoms with Crippen LogP contribution in [0, 0.1) is 5.82 Å². The highest BCUT2D eigenvalue weighted by Crippen LogP contribution is 2.27. The first-order chi connectivity index (χ1) is 13.1. The lowest BCUT2D eigenvalue weighted by atomic mass is 10.0. The Hall–Kier alpha value is -2.51. The van der Waals surface area contributed by atoms with Crippen LogP contribution in [0.3, 0.4) is 0 Å². The Morgan fingerprint density at radius 3 is 2.78 bits per heavy atom. The van der Waals surface area contributed by atoms with Gasteiger partial charge in [0.1, 0.15) is 6.04 Å². The van der Waals surface area contributed by atoms with Crippen LogP contribution in [0.1, 0.15) is 23.7 Å². The topological polar surface area (TPSA) is 65.9 Å². The summed E-state index contributed by atoms with van der Waals surface area (Å²) in [5, 5.41) is 9.77. The Kier molecular flexibility index (Phi) is 6.36. The standard InChI is InChI=1S/C20H24FN3O3/c1-27-18-7-6-15(13-17(18)21)19(20(25)26)24-10-4-9-23(11-12-24)14-16-5-2-3-8-22-16/h2-3,5-8,13,19H,4,9-12,14H2,1H3,(H,25,26)/t19-/m1/s1. The van der Waals surface area contributed by atoms with Crippen LogP contribution in [0.15, 0.2) is 42.6 Å². The Morgan fingerprint density at radius 2 is 2.11 bits per heavy atom. The molecule has 1 fully saturated rings. The second-order valence-electron chi connectivity index (χ2n) is 6.62. The van der Waals surface area contributed by atoms with E-state index in [0.717, 1.165) is 31.7 Å². The number of hydrogen-bond donors (Lipinski definition) is 1. The van der Waals surface area contributed by atoms with E-state index in [4.69, 9.17) is 4.74 Å². The number of carbonyl (C=O) groups is 1. The highest BCUT2D eigenvalue weighted by molar-refractivity contribution is 5.75. The molecule has 1 aliphatic heterocycles. The number of aliphatic carboxylic acids is 1. The Morgan fingerprint density at radius 1 is 1.26 bits per heavy atom. The molecule has 1 N–H and O–H groups in total. The molecule has 0 amide bonds. The van der Waals surface area contributed by atoms with Gasteiger partial charge in [-0.1, -0.05) is 12.1 Å². The van der Waals surface area contributed by atoms with Crippen LogP contribution in [0.4, 0.5) is 4.39 Å². The average molecular weight is 373 g/mol. The van der Waals surface area contributed by atoms with E-state index in [1.807, 2.05) is 23.1 Å². The summed E-state index contributed by atoms with van der Waals surface area (Å²) >= 11 is 0. The van der Waals surface area contributed by atoms with E-state index in [1.165, 1.54) is 19.2 Å². The third-order valence-electron chi connectivity index (χ3n) is 4.83. The molecule has 1 aromatic carbocycles. The molecule has 1 saturated heterocycles. The van der Waals surface area contributed by atoms with Gasteiger partial charge in [0, 0.05) is 32.4 Å². The van der Waals surface area contributed by atoms with Gasteiger partial charge in [-0.05, 0) is 42.8 Å². The first kappa shape index (κ1) is 19.3. The zero-order valence-electron chi connectivity index (χ0n) is 15.3. The van der Waals surface area contributed by atoms with Gasteiger partial charge in [0.05, 0.1) is 12.8 Å². The van der Waals surface area contributed by atoms with Gasteiger partial charge in [0.2, 0.25) is 0 Å². The third kappa shape index (κ3) is 4.81. The van der Waals surface area contributed by atoms with Gasteiger partial charge < -0.3 is 9.84 Å². The van der Waals surface area contributed by atoms with Crippen molar-refractivity contribution in [1.29, 1.82) is 0 Å². The first-order valence-electron chi connectivity index (χ1n) is 9.01. The van der Waals surface area contributed by atoms with E-state index in [0.29, 0.717) is 18.7 Å². The maximum absolute atomic E-state index is 14.1. The molecular weight excluding hydrogens is 349 g/mol. The SMILES string of the molecule is COc1ccc([C@H](C(=O)O)N2CCCN(Cc3ccccn3)CC2)cc1F. The van der Waals surface area contributed by atoms with Crippen molar-refractivity contribution >= 4 is 5.97 Å². The average Bonchev–Trinajstić information content (AvgIpc) is 2.88. The minimum Gasteiger partial charge on any atom is -0.494 e. The molecule has 1 aromatic heterocycles. The summed E-state index contributed by atoms with van der Waals surface area (Å²) in [6.07, 6.45) is 2.62. The predicted molar refractivity (Wildman–Crippen MR) is 99.0 cm³/mol. The second kappa shape index (κ2) is 8.92. The number of ether oxygens (including phenoxy) is 1.